The summed E-state index contributed by atoms with van der Waals surface area (Å²) in [6.45, 7) is 11.0. The molecular weight excluding hydrogens is 374 g/mol. The van der Waals surface area contributed by atoms with Crippen molar-refractivity contribution in [3.63, 3.8) is 0 Å². The zero-order valence-corrected chi connectivity index (χ0v) is 18.2. The number of pyridine rings is 1. The van der Waals surface area contributed by atoms with Gasteiger partial charge in [-0.1, -0.05) is 65.0 Å². The van der Waals surface area contributed by atoms with Crippen LogP contribution in [-0.4, -0.2) is 23.2 Å². The molecule has 1 aromatic heterocycles. The van der Waals surface area contributed by atoms with Gasteiger partial charge in [-0.2, -0.15) is 0 Å². The minimum atomic E-state index is -0.891. The molecule has 0 saturated heterocycles. The Kier molecular flexibility index (Phi) is 4.97. The van der Waals surface area contributed by atoms with Crippen LogP contribution in [0.2, 0.25) is 0 Å². The molecule has 1 aliphatic carbocycles. The van der Waals surface area contributed by atoms with Crippen molar-refractivity contribution in [1.29, 1.82) is 0 Å². The molecule has 0 radical (unpaired) electrons. The standard InChI is InChI=1S/C26H27NO3/c1-15(2)14-30-21-8-6-7-16-9-12-20(27-23(16)21)22-24(28)18-11-10-17(26(3,4)5)13-19(18)25(22)29/h6-13,15,22H,14H2,1-5H3. The van der Waals surface area contributed by atoms with Crippen LogP contribution in [0.1, 0.15) is 72.5 Å². The van der Waals surface area contributed by atoms with Crippen molar-refractivity contribution in [3.8, 4) is 5.75 Å². The number of ether oxygens (including phenoxy) is 1. The summed E-state index contributed by atoms with van der Waals surface area (Å²) in [7, 11) is 0. The summed E-state index contributed by atoms with van der Waals surface area (Å²) < 4.78 is 5.93. The van der Waals surface area contributed by atoms with E-state index in [0.717, 1.165) is 10.9 Å². The number of rotatable bonds is 4. The lowest BCUT2D eigenvalue weighted by molar-refractivity contribution is 0.0888. The van der Waals surface area contributed by atoms with Crippen molar-refractivity contribution in [3.05, 3.63) is 70.9 Å². The van der Waals surface area contributed by atoms with E-state index in [1.165, 1.54) is 0 Å². The number of fused-ring (bicyclic) bond motifs is 2. The van der Waals surface area contributed by atoms with Crippen molar-refractivity contribution >= 4 is 22.5 Å². The van der Waals surface area contributed by atoms with Gasteiger partial charge in [0, 0.05) is 16.5 Å². The third kappa shape index (κ3) is 3.51. The van der Waals surface area contributed by atoms with Gasteiger partial charge in [-0.3, -0.25) is 9.59 Å². The number of hydrogen-bond acceptors (Lipinski definition) is 4. The Balaban J connectivity index is 1.76. The zero-order chi connectivity index (χ0) is 21.6. The van der Waals surface area contributed by atoms with Crippen LogP contribution >= 0.6 is 0 Å². The van der Waals surface area contributed by atoms with Crippen LogP contribution in [0.5, 0.6) is 5.75 Å². The maximum atomic E-state index is 13.2. The summed E-state index contributed by atoms with van der Waals surface area (Å²) in [4.78, 5) is 31.1. The van der Waals surface area contributed by atoms with E-state index in [0.29, 0.717) is 40.6 Å². The highest BCUT2D eigenvalue weighted by Gasteiger charge is 2.41. The van der Waals surface area contributed by atoms with Crippen LogP contribution in [0, 0.1) is 5.92 Å². The van der Waals surface area contributed by atoms with Gasteiger partial charge < -0.3 is 4.74 Å². The number of hydrogen-bond donors (Lipinski definition) is 0. The first kappa shape index (κ1) is 20.3. The molecule has 0 spiro atoms. The van der Waals surface area contributed by atoms with Crippen LogP contribution in [0.4, 0.5) is 0 Å². The smallest absolute Gasteiger partial charge is 0.180 e. The molecule has 154 valence electrons. The molecule has 4 nitrogen and oxygen atoms in total. The molecular formula is C26H27NO3. The Hall–Kier alpha value is -3.01. The van der Waals surface area contributed by atoms with E-state index in [4.69, 9.17) is 9.72 Å². The topological polar surface area (TPSA) is 56.3 Å². The average Bonchev–Trinajstić information content (AvgIpc) is 2.95. The van der Waals surface area contributed by atoms with Crippen LogP contribution < -0.4 is 4.74 Å². The summed E-state index contributed by atoms with van der Waals surface area (Å²) >= 11 is 0. The summed E-state index contributed by atoms with van der Waals surface area (Å²) in [6.07, 6.45) is 0. The van der Waals surface area contributed by atoms with Crippen LogP contribution in [0.15, 0.2) is 48.5 Å². The molecule has 2 aromatic carbocycles. The summed E-state index contributed by atoms with van der Waals surface area (Å²) in [6, 6.07) is 15.0. The second kappa shape index (κ2) is 7.35. The molecule has 4 rings (SSSR count). The first-order chi connectivity index (χ1) is 14.2. The van der Waals surface area contributed by atoms with E-state index < -0.39 is 5.92 Å². The number of nitrogens with zero attached hydrogens (tertiary/aromatic N) is 1. The van der Waals surface area contributed by atoms with E-state index in [2.05, 4.69) is 34.6 Å². The Labute approximate surface area is 177 Å². The molecule has 1 atom stereocenters. The molecule has 1 unspecified atom stereocenters. The third-order valence-electron chi connectivity index (χ3n) is 5.51. The maximum absolute atomic E-state index is 13.2. The van der Waals surface area contributed by atoms with Gasteiger partial charge in [0.05, 0.1) is 12.3 Å². The highest BCUT2D eigenvalue weighted by atomic mass is 16.5. The molecule has 0 amide bonds. The second-order valence-electron chi connectivity index (χ2n) is 9.44. The third-order valence-corrected chi connectivity index (χ3v) is 5.51. The lowest BCUT2D eigenvalue weighted by atomic mass is 9.85. The van der Waals surface area contributed by atoms with Crippen molar-refractivity contribution in [2.45, 2.75) is 46.0 Å². The van der Waals surface area contributed by atoms with Gasteiger partial charge in [0.25, 0.3) is 0 Å². The van der Waals surface area contributed by atoms with E-state index in [1.54, 1.807) is 12.1 Å². The van der Waals surface area contributed by atoms with E-state index in [9.17, 15) is 9.59 Å². The van der Waals surface area contributed by atoms with Crippen LogP contribution in [0.3, 0.4) is 0 Å². The first-order valence-corrected chi connectivity index (χ1v) is 10.4. The van der Waals surface area contributed by atoms with Gasteiger partial charge in [0.2, 0.25) is 0 Å². The molecule has 0 bridgehead atoms. The number of carbonyl (C=O) groups excluding carboxylic acids is 2. The summed E-state index contributed by atoms with van der Waals surface area (Å²) in [5, 5.41) is 0.922. The molecule has 0 aliphatic heterocycles. The van der Waals surface area contributed by atoms with E-state index in [-0.39, 0.29) is 17.0 Å². The normalized spacial score (nSPS) is 16.4. The number of para-hydroxylation sites is 1. The van der Waals surface area contributed by atoms with Crippen molar-refractivity contribution in [2.24, 2.45) is 5.92 Å². The predicted octanol–water partition coefficient (Wildman–Crippen LogP) is 5.73. The quantitative estimate of drug-likeness (QED) is 0.524. The van der Waals surface area contributed by atoms with Crippen LogP contribution in [-0.2, 0) is 5.41 Å². The Morgan fingerprint density at radius 1 is 0.967 bits per heavy atom. The van der Waals surface area contributed by atoms with Gasteiger partial charge in [0.15, 0.2) is 11.6 Å². The Morgan fingerprint density at radius 2 is 1.70 bits per heavy atom. The van der Waals surface area contributed by atoms with Crippen LogP contribution in [0.25, 0.3) is 10.9 Å². The van der Waals surface area contributed by atoms with Crippen molar-refractivity contribution in [2.75, 3.05) is 6.61 Å². The van der Waals surface area contributed by atoms with Gasteiger partial charge in [-0.25, -0.2) is 4.98 Å². The molecule has 0 N–H and O–H groups in total. The Morgan fingerprint density at radius 3 is 2.40 bits per heavy atom. The Bertz CT molecular complexity index is 1150. The molecule has 0 fully saturated rings. The minimum absolute atomic E-state index is 0.0969. The SMILES string of the molecule is CC(C)COc1cccc2ccc(C3C(=O)c4ccc(C(C)(C)C)cc4C3=O)nc12. The highest BCUT2D eigenvalue weighted by molar-refractivity contribution is 6.29. The molecule has 4 heteroatoms. The lowest BCUT2D eigenvalue weighted by Crippen LogP contribution is -2.15. The van der Waals surface area contributed by atoms with Gasteiger partial charge in [-0.15, -0.1) is 0 Å². The number of aromatic nitrogens is 1. The summed E-state index contributed by atoms with van der Waals surface area (Å²) in [5.41, 5.74) is 3.10. The van der Waals surface area contributed by atoms with Crippen molar-refractivity contribution in [1.82, 2.24) is 4.98 Å². The van der Waals surface area contributed by atoms with Gasteiger partial charge >= 0.3 is 0 Å². The van der Waals surface area contributed by atoms with Gasteiger partial charge in [-0.05, 0) is 35.1 Å². The highest BCUT2D eigenvalue weighted by Crippen LogP contribution is 2.37. The fourth-order valence-electron chi connectivity index (χ4n) is 3.80. The largest absolute Gasteiger partial charge is 0.491 e. The molecule has 1 heterocycles. The maximum Gasteiger partial charge on any atom is 0.180 e. The van der Waals surface area contributed by atoms with Gasteiger partial charge in [0.1, 0.15) is 17.2 Å². The minimum Gasteiger partial charge on any atom is -0.491 e. The zero-order valence-electron chi connectivity index (χ0n) is 18.2. The number of carbonyl (C=O) groups is 2. The van der Waals surface area contributed by atoms with Crippen molar-refractivity contribution < 1.29 is 14.3 Å². The number of ketones is 2. The molecule has 30 heavy (non-hydrogen) atoms. The van der Waals surface area contributed by atoms with E-state index in [1.807, 2.05) is 36.4 Å². The fraction of sp³-hybridized carbons (Fsp3) is 0.346. The lowest BCUT2D eigenvalue weighted by Gasteiger charge is -2.19. The molecule has 1 aliphatic rings. The molecule has 0 saturated carbocycles. The number of Topliss-reactive ketones (excluding diaryl/α,β-unsaturated/α-hetero) is 2. The average molecular weight is 402 g/mol. The molecule has 3 aromatic rings. The fourth-order valence-corrected chi connectivity index (χ4v) is 3.80. The van der Waals surface area contributed by atoms with E-state index >= 15 is 0 Å². The predicted molar refractivity (Wildman–Crippen MR) is 119 cm³/mol. The monoisotopic (exact) mass is 401 g/mol. The second-order valence-corrected chi connectivity index (χ2v) is 9.44. The first-order valence-electron chi connectivity index (χ1n) is 10.4. The number of benzene rings is 2. The summed E-state index contributed by atoms with van der Waals surface area (Å²) in [5.74, 6) is -0.185.